The fourth-order valence-electron chi connectivity index (χ4n) is 3.48. The molecule has 4 rings (SSSR count). The van der Waals surface area contributed by atoms with Crippen LogP contribution in [-0.2, 0) is 18.5 Å². The van der Waals surface area contributed by atoms with Crippen molar-refractivity contribution in [2.75, 3.05) is 0 Å². The molecule has 0 spiro atoms. The highest BCUT2D eigenvalue weighted by Gasteiger charge is 2.15. The van der Waals surface area contributed by atoms with Crippen molar-refractivity contribution < 1.29 is 4.79 Å². The van der Waals surface area contributed by atoms with Gasteiger partial charge in [0.25, 0.3) is 5.91 Å². The summed E-state index contributed by atoms with van der Waals surface area (Å²) >= 11 is 0. The van der Waals surface area contributed by atoms with Crippen LogP contribution < -0.4 is 5.32 Å². The predicted molar refractivity (Wildman–Crippen MR) is 119 cm³/mol. The Morgan fingerprint density at radius 3 is 2.40 bits per heavy atom. The van der Waals surface area contributed by atoms with E-state index in [1.165, 1.54) is 11.1 Å². The number of carbonyl (C=O) groups excluding carboxylic acids is 1. The molecule has 5 heteroatoms. The van der Waals surface area contributed by atoms with E-state index < -0.39 is 0 Å². The van der Waals surface area contributed by atoms with E-state index in [0.29, 0.717) is 18.8 Å². The van der Waals surface area contributed by atoms with E-state index in [2.05, 4.69) is 66.0 Å². The average Bonchev–Trinajstić information content (AvgIpc) is 3.10. The molecule has 4 aromatic rings. The smallest absolute Gasteiger partial charge is 0.270 e. The number of benzene rings is 2. The zero-order chi connectivity index (χ0) is 21.1. The molecule has 0 unspecified atom stereocenters. The molecule has 2 aromatic heterocycles. The molecule has 0 aliphatic heterocycles. The minimum Gasteiger partial charge on any atom is -0.343 e. The Kier molecular flexibility index (Phi) is 5.36. The Balaban J connectivity index is 1.60. The number of para-hydroxylation sites is 2. The third-order valence-electron chi connectivity index (χ3n) is 5.20. The van der Waals surface area contributed by atoms with Crippen molar-refractivity contribution in [3.8, 4) is 0 Å². The number of nitrogens with one attached hydrogen (secondary N) is 1. The van der Waals surface area contributed by atoms with Crippen LogP contribution in [0.25, 0.3) is 11.0 Å². The van der Waals surface area contributed by atoms with Gasteiger partial charge in [-0.3, -0.25) is 9.78 Å². The summed E-state index contributed by atoms with van der Waals surface area (Å²) in [5, 5.41) is 2.95. The number of carbonyl (C=O) groups is 1. The quantitative estimate of drug-likeness (QED) is 0.530. The molecule has 1 N–H and O–H groups in total. The van der Waals surface area contributed by atoms with Gasteiger partial charge in [0.2, 0.25) is 0 Å². The Morgan fingerprint density at radius 2 is 1.70 bits per heavy atom. The SMILES string of the molecule is CC(C)(C)c1ccc(Cn2c(CNC(=O)c3ccccn3)nc3ccccc32)cc1. The monoisotopic (exact) mass is 398 g/mol. The first-order valence-electron chi connectivity index (χ1n) is 10.1. The first-order chi connectivity index (χ1) is 14.4. The molecule has 0 fully saturated rings. The van der Waals surface area contributed by atoms with Gasteiger partial charge in [-0.1, -0.05) is 63.2 Å². The van der Waals surface area contributed by atoms with Gasteiger partial charge < -0.3 is 9.88 Å². The highest BCUT2D eigenvalue weighted by molar-refractivity contribution is 5.92. The van der Waals surface area contributed by atoms with Crippen LogP contribution in [0.3, 0.4) is 0 Å². The van der Waals surface area contributed by atoms with Crippen molar-refractivity contribution in [2.24, 2.45) is 0 Å². The van der Waals surface area contributed by atoms with Gasteiger partial charge in [-0.2, -0.15) is 0 Å². The van der Waals surface area contributed by atoms with Gasteiger partial charge in [-0.15, -0.1) is 0 Å². The van der Waals surface area contributed by atoms with E-state index >= 15 is 0 Å². The first kappa shape index (κ1) is 19.8. The second-order valence-corrected chi connectivity index (χ2v) is 8.45. The van der Waals surface area contributed by atoms with Crippen LogP contribution in [0.4, 0.5) is 0 Å². The molecular weight excluding hydrogens is 372 g/mol. The van der Waals surface area contributed by atoms with Crippen LogP contribution in [0.2, 0.25) is 0 Å². The van der Waals surface area contributed by atoms with Gasteiger partial charge in [0.1, 0.15) is 11.5 Å². The molecule has 0 saturated carbocycles. The summed E-state index contributed by atoms with van der Waals surface area (Å²) in [4.78, 5) is 21.3. The molecule has 1 amide bonds. The molecule has 152 valence electrons. The molecule has 2 aromatic carbocycles. The van der Waals surface area contributed by atoms with Crippen LogP contribution >= 0.6 is 0 Å². The maximum atomic E-state index is 12.4. The first-order valence-corrected chi connectivity index (χ1v) is 10.1. The molecule has 0 aliphatic carbocycles. The van der Waals surface area contributed by atoms with Gasteiger partial charge >= 0.3 is 0 Å². The van der Waals surface area contributed by atoms with Gasteiger partial charge in [0.15, 0.2) is 0 Å². The molecular formula is C25H26N4O. The largest absolute Gasteiger partial charge is 0.343 e. The summed E-state index contributed by atoms with van der Waals surface area (Å²) in [7, 11) is 0. The second kappa shape index (κ2) is 8.11. The molecule has 0 atom stereocenters. The lowest BCUT2D eigenvalue weighted by atomic mass is 9.87. The molecule has 5 nitrogen and oxygen atoms in total. The van der Waals surface area contributed by atoms with Crippen molar-refractivity contribution in [1.82, 2.24) is 19.9 Å². The van der Waals surface area contributed by atoms with Crippen LogP contribution in [-0.4, -0.2) is 20.4 Å². The highest BCUT2D eigenvalue weighted by Crippen LogP contribution is 2.23. The number of imidazole rings is 1. The second-order valence-electron chi connectivity index (χ2n) is 8.45. The van der Waals surface area contributed by atoms with E-state index in [1.54, 1.807) is 24.4 Å². The summed E-state index contributed by atoms with van der Waals surface area (Å²) in [6.45, 7) is 7.68. The van der Waals surface area contributed by atoms with Crippen molar-refractivity contribution in [3.05, 3.63) is 95.6 Å². The minimum atomic E-state index is -0.205. The normalized spacial score (nSPS) is 11.6. The molecule has 0 bridgehead atoms. The zero-order valence-corrected chi connectivity index (χ0v) is 17.6. The van der Waals surface area contributed by atoms with Crippen molar-refractivity contribution in [3.63, 3.8) is 0 Å². The number of pyridine rings is 1. The van der Waals surface area contributed by atoms with E-state index in [0.717, 1.165) is 16.9 Å². The Labute approximate surface area is 176 Å². The third kappa shape index (κ3) is 4.25. The lowest BCUT2D eigenvalue weighted by Gasteiger charge is -2.19. The summed E-state index contributed by atoms with van der Waals surface area (Å²) in [5.74, 6) is 0.615. The van der Waals surface area contributed by atoms with Crippen molar-refractivity contribution in [2.45, 2.75) is 39.3 Å². The van der Waals surface area contributed by atoms with E-state index in [9.17, 15) is 4.79 Å². The minimum absolute atomic E-state index is 0.126. The summed E-state index contributed by atoms with van der Waals surface area (Å²) < 4.78 is 2.17. The number of hydrogen-bond donors (Lipinski definition) is 1. The standard InChI is InChI=1S/C25H26N4O/c1-25(2,3)19-13-11-18(12-14-19)17-29-22-10-5-4-8-20(22)28-23(29)16-27-24(30)21-9-6-7-15-26-21/h4-15H,16-17H2,1-3H3,(H,27,30). The van der Waals surface area contributed by atoms with E-state index in [1.807, 2.05) is 18.2 Å². The number of nitrogens with zero attached hydrogens (tertiary/aromatic N) is 3. The third-order valence-corrected chi connectivity index (χ3v) is 5.20. The topological polar surface area (TPSA) is 59.8 Å². The Hall–Kier alpha value is -3.47. The summed E-state index contributed by atoms with van der Waals surface area (Å²) in [6.07, 6.45) is 1.62. The van der Waals surface area contributed by atoms with E-state index in [4.69, 9.17) is 4.98 Å². The van der Waals surface area contributed by atoms with Gasteiger partial charge in [-0.05, 0) is 40.8 Å². The molecule has 0 aliphatic rings. The molecule has 0 saturated heterocycles. The van der Waals surface area contributed by atoms with E-state index in [-0.39, 0.29) is 11.3 Å². The zero-order valence-electron chi connectivity index (χ0n) is 17.6. The number of rotatable bonds is 5. The number of amides is 1. The van der Waals surface area contributed by atoms with Gasteiger partial charge in [0, 0.05) is 12.7 Å². The average molecular weight is 399 g/mol. The van der Waals surface area contributed by atoms with Crippen LogP contribution in [0.15, 0.2) is 72.9 Å². The van der Waals surface area contributed by atoms with Gasteiger partial charge in [0.05, 0.1) is 17.6 Å². The fraction of sp³-hybridized carbons (Fsp3) is 0.240. The van der Waals surface area contributed by atoms with Crippen molar-refractivity contribution in [1.29, 1.82) is 0 Å². The predicted octanol–water partition coefficient (Wildman–Crippen LogP) is 4.71. The molecule has 2 heterocycles. The number of hydrogen-bond acceptors (Lipinski definition) is 3. The summed E-state index contributed by atoms with van der Waals surface area (Å²) in [5.41, 5.74) is 5.01. The lowest BCUT2D eigenvalue weighted by Crippen LogP contribution is -2.25. The number of fused-ring (bicyclic) bond motifs is 1. The van der Waals surface area contributed by atoms with Crippen molar-refractivity contribution >= 4 is 16.9 Å². The fourth-order valence-corrected chi connectivity index (χ4v) is 3.48. The summed E-state index contributed by atoms with van der Waals surface area (Å²) in [6, 6.07) is 22.1. The number of aromatic nitrogens is 3. The van der Waals surface area contributed by atoms with Gasteiger partial charge in [-0.25, -0.2) is 4.98 Å². The maximum absolute atomic E-state index is 12.4. The van der Waals surface area contributed by atoms with Crippen LogP contribution in [0.5, 0.6) is 0 Å². The highest BCUT2D eigenvalue weighted by atomic mass is 16.1. The van der Waals surface area contributed by atoms with Crippen LogP contribution in [0, 0.1) is 0 Å². The molecule has 30 heavy (non-hydrogen) atoms. The molecule has 0 radical (unpaired) electrons. The Bertz CT molecular complexity index is 1160. The van der Waals surface area contributed by atoms with Crippen LogP contribution in [0.1, 0.15) is 48.2 Å². The Morgan fingerprint density at radius 1 is 0.967 bits per heavy atom. The lowest BCUT2D eigenvalue weighted by molar-refractivity contribution is 0.0944. The maximum Gasteiger partial charge on any atom is 0.270 e.